The molecule has 4 rings (SSSR count). The second-order valence-electron chi connectivity index (χ2n) is 14.2. The fraction of sp³-hybridized carbons (Fsp3) is 0.450. The number of benzene rings is 2. The van der Waals surface area contributed by atoms with E-state index in [9.17, 15) is 9.59 Å². The van der Waals surface area contributed by atoms with Gasteiger partial charge < -0.3 is 0 Å². The van der Waals surface area contributed by atoms with Gasteiger partial charge in [0.15, 0.2) is 0 Å². The van der Waals surface area contributed by atoms with E-state index in [0.29, 0.717) is 33.4 Å². The molecule has 0 aliphatic heterocycles. The van der Waals surface area contributed by atoms with Crippen LogP contribution in [0, 0.1) is 34.1 Å². The summed E-state index contributed by atoms with van der Waals surface area (Å²) in [4.78, 5) is 30.7. The Morgan fingerprint density at radius 3 is 1.30 bits per heavy atom. The van der Waals surface area contributed by atoms with Crippen molar-refractivity contribution in [1.82, 2.24) is 0 Å². The Kier molecular flexibility index (Phi) is 15.4. The summed E-state index contributed by atoms with van der Waals surface area (Å²) in [6, 6.07) is 4.50. The van der Waals surface area contributed by atoms with Crippen molar-refractivity contribution in [3.63, 3.8) is 0 Å². The predicted octanol–water partition coefficient (Wildman–Crippen LogP) is 10.3. The van der Waals surface area contributed by atoms with Crippen LogP contribution >= 0.6 is 46.4 Å². The number of unbranched alkanes of at least 4 members (excludes halogenated alkanes) is 2. The van der Waals surface area contributed by atoms with Gasteiger partial charge in [0.05, 0.1) is 0 Å². The third kappa shape index (κ3) is 8.25. The van der Waals surface area contributed by atoms with Gasteiger partial charge in [-0.2, -0.15) is 0 Å². The molecule has 0 aromatic heterocycles. The molecule has 0 atom stereocenters. The summed E-state index contributed by atoms with van der Waals surface area (Å²) in [5, 5.41) is 0. The molecule has 2 aromatic rings. The number of carbonyl (C=O) groups is 2. The van der Waals surface area contributed by atoms with E-state index in [1.54, 1.807) is 50.3 Å². The zero-order chi connectivity index (χ0) is 39.1. The number of amides is 2. The number of nitrogens with zero attached hydrogens (tertiary/aromatic N) is 2. The maximum absolute atomic E-state index is 17.8. The van der Waals surface area contributed by atoms with Gasteiger partial charge in [0, 0.05) is 0 Å². The minimum absolute atomic E-state index is 0.0712. The molecule has 2 aromatic carbocycles. The normalized spacial score (nSPS) is 14.5. The molecule has 0 unspecified atom stereocenters. The van der Waals surface area contributed by atoms with Gasteiger partial charge in [-0.1, -0.05) is 0 Å². The zero-order valence-corrected chi connectivity index (χ0v) is 35.1. The SMILES string of the molecule is CCCCN(C(=O)C(C)(CCl)CCl)c1ccc(F)[c]([Ti]([C]2=CC=CC2)([C]2=CC=CC2)[c]2c(F)ccc(N(CCCC)C(=O)C(C)(CCl)CCl)c2F)c1F. The van der Waals surface area contributed by atoms with Crippen molar-refractivity contribution in [2.24, 2.45) is 10.8 Å². The summed E-state index contributed by atoms with van der Waals surface area (Å²) in [6.07, 6.45) is 13.0. The van der Waals surface area contributed by atoms with E-state index in [1.165, 1.54) is 21.9 Å². The number of hydrogen-bond donors (Lipinski definition) is 0. The van der Waals surface area contributed by atoms with Gasteiger partial charge in [-0.3, -0.25) is 0 Å². The minimum atomic E-state index is -5.38. The molecule has 4 nitrogen and oxygen atoms in total. The Morgan fingerprint density at radius 1 is 0.660 bits per heavy atom. The molecule has 0 bridgehead atoms. The number of anilines is 2. The molecular weight excluding hydrogens is 806 g/mol. The third-order valence-electron chi connectivity index (χ3n) is 10.2. The molecule has 288 valence electrons. The molecule has 2 aliphatic carbocycles. The second kappa shape index (κ2) is 18.7. The van der Waals surface area contributed by atoms with Crippen LogP contribution in [0.25, 0.3) is 0 Å². The first kappa shape index (κ1) is 43.7. The van der Waals surface area contributed by atoms with E-state index in [-0.39, 0.29) is 60.8 Å². The number of alkyl halides is 4. The maximum atomic E-state index is 17.8. The number of halogens is 8. The van der Waals surface area contributed by atoms with Crippen LogP contribution in [0.3, 0.4) is 0 Å². The molecule has 0 spiro atoms. The van der Waals surface area contributed by atoms with Crippen molar-refractivity contribution in [3.8, 4) is 0 Å². The van der Waals surface area contributed by atoms with E-state index < -0.39 is 70.2 Å². The van der Waals surface area contributed by atoms with E-state index in [4.69, 9.17) is 46.4 Å². The molecule has 53 heavy (non-hydrogen) atoms. The van der Waals surface area contributed by atoms with Crippen LogP contribution in [0.5, 0.6) is 0 Å². The second-order valence-corrected chi connectivity index (χ2v) is 21.2. The molecule has 0 saturated carbocycles. The molecule has 0 saturated heterocycles. The number of carbonyl (C=O) groups excluding carboxylic acids is 2. The Hall–Kier alpha value is -2.07. The van der Waals surface area contributed by atoms with Crippen LogP contribution in [0.2, 0.25) is 0 Å². The Balaban J connectivity index is 2.16. The number of allylic oxidation sites excluding steroid dienone is 8. The van der Waals surface area contributed by atoms with Gasteiger partial charge in [-0.05, 0) is 0 Å². The van der Waals surface area contributed by atoms with Crippen LogP contribution < -0.4 is 17.5 Å². The van der Waals surface area contributed by atoms with E-state index in [0.717, 1.165) is 12.1 Å². The third-order valence-corrected chi connectivity index (χ3v) is 20.5. The fourth-order valence-electron chi connectivity index (χ4n) is 6.86. The summed E-state index contributed by atoms with van der Waals surface area (Å²) in [5.74, 6) is -5.89. The Morgan fingerprint density at radius 2 is 1.02 bits per heavy atom. The summed E-state index contributed by atoms with van der Waals surface area (Å²) >= 11 is 19.6. The number of rotatable bonds is 18. The summed E-state index contributed by atoms with van der Waals surface area (Å²) < 4.78 is 69.5. The van der Waals surface area contributed by atoms with Crippen molar-refractivity contribution in [2.45, 2.75) is 66.2 Å². The van der Waals surface area contributed by atoms with Gasteiger partial charge in [-0.15, -0.1) is 0 Å². The quantitative estimate of drug-likeness (QED) is 0.0852. The summed E-state index contributed by atoms with van der Waals surface area (Å²) in [6.45, 7) is 7.11. The molecule has 13 heteroatoms. The van der Waals surface area contributed by atoms with Crippen molar-refractivity contribution < 1.29 is 43.7 Å². The average Bonchev–Trinajstić information content (AvgIpc) is 3.91. The Labute approximate surface area is 334 Å². The molecule has 0 fully saturated rings. The van der Waals surface area contributed by atoms with E-state index >= 15 is 17.6 Å². The summed E-state index contributed by atoms with van der Waals surface area (Å²) in [5.41, 5.74) is -3.03. The average molecular weight is 852 g/mol. The number of hydrogen-bond acceptors (Lipinski definition) is 2. The molecule has 0 radical (unpaired) electrons. The monoisotopic (exact) mass is 850 g/mol. The van der Waals surface area contributed by atoms with Crippen LogP contribution in [0.15, 0.2) is 68.5 Å². The van der Waals surface area contributed by atoms with Gasteiger partial charge in [0.25, 0.3) is 0 Å². The first-order valence-electron chi connectivity index (χ1n) is 17.8. The Bertz CT molecular complexity index is 1680. The van der Waals surface area contributed by atoms with Gasteiger partial charge in [-0.25, -0.2) is 0 Å². The van der Waals surface area contributed by atoms with Crippen LogP contribution in [-0.4, -0.2) is 48.4 Å². The molecular formula is C40H46Cl4F4N2O2Ti. The standard InChI is InChI=1S/2C15H18Cl2F2NO.2C5H5.Ti/c2*1-3-4-7-20(14(21)15(2,9-16)10-17)13-6-5-11(18)8-12(13)19;2*1-2-4-5-3-1;/h2*5-6H,3-4,7,9-10H2,1-2H3;2*1-3H,4H2;. The van der Waals surface area contributed by atoms with Gasteiger partial charge >= 0.3 is 336 Å². The van der Waals surface area contributed by atoms with Crippen molar-refractivity contribution in [3.05, 3.63) is 91.7 Å². The first-order chi connectivity index (χ1) is 25.3. The molecule has 0 N–H and O–H groups in total. The van der Waals surface area contributed by atoms with Crippen LogP contribution in [-0.2, 0) is 26.2 Å². The molecule has 2 aliphatic rings. The van der Waals surface area contributed by atoms with Gasteiger partial charge in [0.2, 0.25) is 0 Å². The van der Waals surface area contributed by atoms with Crippen molar-refractivity contribution in [1.29, 1.82) is 0 Å². The first-order valence-corrected chi connectivity index (χ1v) is 23.1. The predicted molar refractivity (Wildman–Crippen MR) is 209 cm³/mol. The molecule has 0 heterocycles. The summed E-state index contributed by atoms with van der Waals surface area (Å²) in [7, 11) is 0. The van der Waals surface area contributed by atoms with Crippen molar-refractivity contribution in [2.75, 3.05) is 46.4 Å². The molecule has 2 amide bonds. The fourth-order valence-corrected chi connectivity index (χ4v) is 16.1. The van der Waals surface area contributed by atoms with Crippen LogP contribution in [0.1, 0.15) is 66.2 Å². The topological polar surface area (TPSA) is 40.6 Å². The zero-order valence-electron chi connectivity index (χ0n) is 30.5. The van der Waals surface area contributed by atoms with E-state index in [1.807, 2.05) is 13.8 Å². The van der Waals surface area contributed by atoms with Gasteiger partial charge in [0.1, 0.15) is 0 Å². The van der Waals surface area contributed by atoms with Crippen LogP contribution in [0.4, 0.5) is 28.9 Å². The van der Waals surface area contributed by atoms with Crippen molar-refractivity contribution >= 4 is 77.3 Å². The van der Waals surface area contributed by atoms with E-state index in [2.05, 4.69) is 0 Å².